The van der Waals surface area contributed by atoms with E-state index < -0.39 is 23.4 Å². The highest BCUT2D eigenvalue weighted by Gasteiger charge is 2.50. The summed E-state index contributed by atoms with van der Waals surface area (Å²) >= 11 is 0. The third kappa shape index (κ3) is 4.77. The first kappa shape index (κ1) is 21.6. The Bertz CT molecular complexity index is 746. The Balaban J connectivity index is 2.41. The van der Waals surface area contributed by atoms with Gasteiger partial charge in [-0.25, -0.2) is 4.79 Å². The number of esters is 2. The number of ether oxygens (including phenoxy) is 2. The van der Waals surface area contributed by atoms with Crippen LogP contribution in [0, 0.1) is 5.41 Å². The number of hydrogen-bond acceptors (Lipinski definition) is 6. The maximum atomic E-state index is 12.8. The highest BCUT2D eigenvalue weighted by Crippen LogP contribution is 2.42. The van der Waals surface area contributed by atoms with E-state index in [2.05, 4.69) is 5.32 Å². The Kier molecular flexibility index (Phi) is 7.31. The summed E-state index contributed by atoms with van der Waals surface area (Å²) in [7, 11) is 2.58. The van der Waals surface area contributed by atoms with Gasteiger partial charge in [0, 0.05) is 12.6 Å². The molecule has 1 aromatic rings. The van der Waals surface area contributed by atoms with Crippen molar-refractivity contribution in [2.45, 2.75) is 51.6 Å². The molecule has 3 atom stereocenters. The zero-order valence-corrected chi connectivity index (χ0v) is 16.9. The van der Waals surface area contributed by atoms with Gasteiger partial charge in [0.1, 0.15) is 11.5 Å². The van der Waals surface area contributed by atoms with E-state index in [-0.39, 0.29) is 18.4 Å². The summed E-state index contributed by atoms with van der Waals surface area (Å²) in [5.41, 5.74) is 0.682. The molecule has 28 heavy (non-hydrogen) atoms. The summed E-state index contributed by atoms with van der Waals surface area (Å²) < 4.78 is 9.91. The zero-order valence-electron chi connectivity index (χ0n) is 16.9. The maximum Gasteiger partial charge on any atom is 0.328 e. The van der Waals surface area contributed by atoms with Gasteiger partial charge in [-0.05, 0) is 38.2 Å². The van der Waals surface area contributed by atoms with Crippen LogP contribution in [0.4, 0.5) is 0 Å². The Morgan fingerprint density at radius 1 is 1.18 bits per heavy atom. The molecule has 0 unspecified atom stereocenters. The smallest absolute Gasteiger partial charge is 0.328 e. The molecule has 1 N–H and O–H groups in total. The highest BCUT2D eigenvalue weighted by molar-refractivity contribution is 6.08. The Labute approximate surface area is 165 Å². The molecular formula is C21H28N2O5. The lowest BCUT2D eigenvalue weighted by molar-refractivity contribution is -0.152. The SMILES string of the molecule is COC(=O)[C@H](C[C@@]1(C(=O)OC)CCCC1=N[C@@H](C)c1ccccc1)NC(C)=O. The van der Waals surface area contributed by atoms with E-state index in [0.29, 0.717) is 18.6 Å². The molecule has 7 nitrogen and oxygen atoms in total. The van der Waals surface area contributed by atoms with E-state index in [4.69, 9.17) is 14.5 Å². The van der Waals surface area contributed by atoms with Crippen molar-refractivity contribution in [1.82, 2.24) is 5.32 Å². The van der Waals surface area contributed by atoms with Crippen LogP contribution in [0.15, 0.2) is 35.3 Å². The molecule has 0 radical (unpaired) electrons. The van der Waals surface area contributed by atoms with Gasteiger partial charge in [-0.2, -0.15) is 0 Å². The van der Waals surface area contributed by atoms with E-state index in [1.807, 2.05) is 37.3 Å². The minimum Gasteiger partial charge on any atom is -0.468 e. The third-order valence-corrected chi connectivity index (χ3v) is 5.19. The zero-order chi connectivity index (χ0) is 20.7. The number of benzene rings is 1. The fourth-order valence-corrected chi connectivity index (χ4v) is 3.82. The van der Waals surface area contributed by atoms with Crippen LogP contribution in [-0.4, -0.2) is 43.8 Å². The van der Waals surface area contributed by atoms with Crippen LogP contribution in [0.3, 0.4) is 0 Å². The van der Waals surface area contributed by atoms with Crippen LogP contribution >= 0.6 is 0 Å². The number of carbonyl (C=O) groups is 3. The predicted molar refractivity (Wildman–Crippen MR) is 105 cm³/mol. The van der Waals surface area contributed by atoms with Crippen LogP contribution in [0.1, 0.15) is 51.1 Å². The minimum absolute atomic E-state index is 0.0618. The summed E-state index contributed by atoms with van der Waals surface area (Å²) in [6.07, 6.45) is 1.96. The van der Waals surface area contributed by atoms with Crippen LogP contribution in [0.2, 0.25) is 0 Å². The topological polar surface area (TPSA) is 94.1 Å². The number of rotatable bonds is 7. The third-order valence-electron chi connectivity index (χ3n) is 5.19. The molecule has 0 spiro atoms. The number of amides is 1. The number of nitrogens with zero attached hydrogens (tertiary/aromatic N) is 1. The standard InChI is InChI=1S/C21H28N2O5/c1-14(16-9-6-5-7-10-16)22-18-11-8-12-21(18,20(26)28-4)13-17(19(25)27-3)23-15(2)24/h5-7,9-10,14,17H,8,11-13H2,1-4H3,(H,23,24)/t14-,17-,21-/m0/s1. The summed E-state index contributed by atoms with van der Waals surface area (Å²) in [5.74, 6) is -1.41. The molecule has 152 valence electrons. The van der Waals surface area contributed by atoms with Crippen molar-refractivity contribution in [1.29, 1.82) is 0 Å². The molecule has 0 saturated heterocycles. The van der Waals surface area contributed by atoms with Crippen molar-refractivity contribution in [2.75, 3.05) is 14.2 Å². The van der Waals surface area contributed by atoms with Gasteiger partial charge < -0.3 is 14.8 Å². The van der Waals surface area contributed by atoms with Crippen molar-refractivity contribution in [3.63, 3.8) is 0 Å². The molecule has 7 heteroatoms. The number of nitrogens with one attached hydrogen (secondary N) is 1. The second kappa shape index (κ2) is 9.48. The molecule has 0 bridgehead atoms. The largest absolute Gasteiger partial charge is 0.468 e. The molecule has 1 amide bonds. The van der Waals surface area contributed by atoms with Crippen molar-refractivity contribution < 1.29 is 23.9 Å². The van der Waals surface area contributed by atoms with Crippen LogP contribution in [0.5, 0.6) is 0 Å². The normalized spacial score (nSPS) is 22.4. The van der Waals surface area contributed by atoms with Gasteiger partial charge in [0.15, 0.2) is 0 Å². The van der Waals surface area contributed by atoms with Gasteiger partial charge in [0.2, 0.25) is 5.91 Å². The quantitative estimate of drug-likeness (QED) is 0.725. The monoisotopic (exact) mass is 388 g/mol. The van der Waals surface area contributed by atoms with Gasteiger partial charge in [0.05, 0.1) is 20.3 Å². The lowest BCUT2D eigenvalue weighted by atomic mass is 9.78. The molecule has 1 fully saturated rings. The number of hydrogen-bond donors (Lipinski definition) is 1. The van der Waals surface area contributed by atoms with Gasteiger partial charge in [-0.15, -0.1) is 0 Å². The summed E-state index contributed by atoms with van der Waals surface area (Å²) in [4.78, 5) is 41.4. The van der Waals surface area contributed by atoms with E-state index in [1.54, 1.807) is 0 Å². The molecule has 1 aliphatic carbocycles. The average Bonchev–Trinajstić information content (AvgIpc) is 3.09. The van der Waals surface area contributed by atoms with Gasteiger partial charge >= 0.3 is 11.9 Å². The maximum absolute atomic E-state index is 12.8. The van der Waals surface area contributed by atoms with Crippen LogP contribution in [0.25, 0.3) is 0 Å². The summed E-state index contributed by atoms with van der Waals surface area (Å²) in [6, 6.07) is 8.70. The first-order chi connectivity index (χ1) is 13.3. The molecule has 1 saturated carbocycles. The molecule has 1 aliphatic rings. The fourth-order valence-electron chi connectivity index (χ4n) is 3.82. The first-order valence-corrected chi connectivity index (χ1v) is 9.39. The van der Waals surface area contributed by atoms with E-state index in [1.165, 1.54) is 21.1 Å². The van der Waals surface area contributed by atoms with Crippen molar-refractivity contribution in [3.05, 3.63) is 35.9 Å². The second-order valence-electron chi connectivity index (χ2n) is 7.07. The molecule has 2 rings (SSSR count). The Morgan fingerprint density at radius 2 is 1.86 bits per heavy atom. The number of methoxy groups -OCH3 is 2. The van der Waals surface area contributed by atoms with Crippen molar-refractivity contribution in [2.24, 2.45) is 10.4 Å². The van der Waals surface area contributed by atoms with E-state index in [0.717, 1.165) is 12.0 Å². The van der Waals surface area contributed by atoms with E-state index >= 15 is 0 Å². The number of carbonyl (C=O) groups excluding carboxylic acids is 3. The van der Waals surface area contributed by atoms with Gasteiger partial charge in [-0.1, -0.05) is 30.3 Å². The lowest BCUT2D eigenvalue weighted by Crippen LogP contribution is -2.48. The minimum atomic E-state index is -1.06. The van der Waals surface area contributed by atoms with Crippen LogP contribution in [-0.2, 0) is 23.9 Å². The van der Waals surface area contributed by atoms with Crippen LogP contribution < -0.4 is 5.32 Å². The van der Waals surface area contributed by atoms with Crippen molar-refractivity contribution >= 4 is 23.6 Å². The fraction of sp³-hybridized carbons (Fsp3) is 0.524. The number of aliphatic imine (C=N–C) groups is 1. The summed E-state index contributed by atoms with van der Waals surface area (Å²) in [5, 5.41) is 2.59. The average molecular weight is 388 g/mol. The summed E-state index contributed by atoms with van der Waals surface area (Å²) in [6.45, 7) is 3.29. The second-order valence-corrected chi connectivity index (χ2v) is 7.07. The molecule has 0 aromatic heterocycles. The molecule has 0 heterocycles. The first-order valence-electron chi connectivity index (χ1n) is 9.39. The van der Waals surface area contributed by atoms with Gasteiger partial charge in [0.25, 0.3) is 0 Å². The molecule has 1 aromatic carbocycles. The Morgan fingerprint density at radius 3 is 2.43 bits per heavy atom. The Hall–Kier alpha value is -2.70. The van der Waals surface area contributed by atoms with Crippen molar-refractivity contribution in [3.8, 4) is 0 Å². The predicted octanol–water partition coefficient (Wildman–Crippen LogP) is 2.60. The van der Waals surface area contributed by atoms with Gasteiger partial charge in [-0.3, -0.25) is 14.6 Å². The lowest BCUT2D eigenvalue weighted by Gasteiger charge is -2.31. The van der Waals surface area contributed by atoms with E-state index in [9.17, 15) is 14.4 Å². The molecular weight excluding hydrogens is 360 g/mol. The molecule has 0 aliphatic heterocycles. The highest BCUT2D eigenvalue weighted by atomic mass is 16.5.